The molecule has 0 unspecified atom stereocenters. The van der Waals surface area contributed by atoms with Gasteiger partial charge in [0.15, 0.2) is 17.5 Å². The summed E-state index contributed by atoms with van der Waals surface area (Å²) in [6, 6.07) is 56.2. The van der Waals surface area contributed by atoms with Gasteiger partial charge < -0.3 is 8.83 Å². The number of rotatable bonds is 4. The number of furan rings is 2. The van der Waals surface area contributed by atoms with Gasteiger partial charge in [0.05, 0.1) is 0 Å². The van der Waals surface area contributed by atoms with Crippen LogP contribution >= 0.6 is 0 Å². The third-order valence-corrected chi connectivity index (χ3v) is 10.1. The average molecular weight is 666 g/mol. The topological polar surface area (TPSA) is 65.0 Å². The first-order valence-electron chi connectivity index (χ1n) is 17.4. The number of para-hydroxylation sites is 2. The average Bonchev–Trinajstić information content (AvgIpc) is 3.79. The molecule has 3 heterocycles. The first-order chi connectivity index (χ1) is 25.8. The predicted octanol–water partition coefficient (Wildman–Crippen LogP) is 12.6. The van der Waals surface area contributed by atoms with Crippen molar-refractivity contribution in [3.05, 3.63) is 164 Å². The summed E-state index contributed by atoms with van der Waals surface area (Å²) in [7, 11) is 0. The van der Waals surface area contributed by atoms with E-state index >= 15 is 0 Å². The van der Waals surface area contributed by atoms with Gasteiger partial charge in [-0.05, 0) is 57.6 Å². The Kier molecular flexibility index (Phi) is 6.18. The maximum Gasteiger partial charge on any atom is 0.164 e. The molecule has 3 aromatic heterocycles. The van der Waals surface area contributed by atoms with Crippen molar-refractivity contribution < 1.29 is 8.83 Å². The van der Waals surface area contributed by atoms with Crippen LogP contribution < -0.4 is 0 Å². The lowest BCUT2D eigenvalue weighted by Gasteiger charge is -2.13. The van der Waals surface area contributed by atoms with Crippen molar-refractivity contribution in [2.24, 2.45) is 0 Å². The van der Waals surface area contributed by atoms with Crippen LogP contribution in [0.4, 0.5) is 0 Å². The lowest BCUT2D eigenvalue weighted by Crippen LogP contribution is -2.01. The predicted molar refractivity (Wildman–Crippen MR) is 211 cm³/mol. The molecule has 0 aliphatic heterocycles. The molecule has 0 amide bonds. The molecular formula is C47H27N3O2. The first-order valence-corrected chi connectivity index (χ1v) is 17.4. The van der Waals surface area contributed by atoms with Gasteiger partial charge in [-0.1, -0.05) is 133 Å². The van der Waals surface area contributed by atoms with Gasteiger partial charge in [-0.3, -0.25) is 0 Å². The summed E-state index contributed by atoms with van der Waals surface area (Å²) >= 11 is 0. The van der Waals surface area contributed by atoms with Crippen molar-refractivity contribution in [3.8, 4) is 45.3 Å². The van der Waals surface area contributed by atoms with Gasteiger partial charge in [0, 0.05) is 43.6 Å². The van der Waals surface area contributed by atoms with E-state index in [1.165, 1.54) is 0 Å². The Morgan fingerprint density at radius 2 is 0.846 bits per heavy atom. The number of aromatic nitrogens is 3. The molecule has 0 atom stereocenters. The van der Waals surface area contributed by atoms with E-state index in [1.54, 1.807) is 0 Å². The molecule has 5 nitrogen and oxygen atoms in total. The van der Waals surface area contributed by atoms with Crippen LogP contribution in [0, 0.1) is 0 Å². The number of hydrogen-bond donors (Lipinski definition) is 0. The van der Waals surface area contributed by atoms with Crippen LogP contribution in [0.2, 0.25) is 0 Å². The second-order valence-electron chi connectivity index (χ2n) is 13.1. The highest BCUT2D eigenvalue weighted by Gasteiger charge is 2.21. The zero-order chi connectivity index (χ0) is 34.2. The van der Waals surface area contributed by atoms with Gasteiger partial charge in [0.25, 0.3) is 0 Å². The molecule has 11 rings (SSSR count). The Balaban J connectivity index is 1.19. The van der Waals surface area contributed by atoms with E-state index in [-0.39, 0.29) is 0 Å². The second-order valence-corrected chi connectivity index (χ2v) is 13.1. The van der Waals surface area contributed by atoms with Gasteiger partial charge in [0.1, 0.15) is 22.3 Å². The Morgan fingerprint density at radius 3 is 1.60 bits per heavy atom. The Labute approximate surface area is 297 Å². The van der Waals surface area contributed by atoms with Gasteiger partial charge in [-0.2, -0.15) is 0 Å². The van der Waals surface area contributed by atoms with Crippen molar-refractivity contribution in [3.63, 3.8) is 0 Å². The highest BCUT2D eigenvalue weighted by atomic mass is 16.3. The number of benzene rings is 8. The van der Waals surface area contributed by atoms with Crippen LogP contribution in [-0.2, 0) is 0 Å². The van der Waals surface area contributed by atoms with E-state index in [1.807, 2.05) is 48.5 Å². The number of nitrogens with zero attached hydrogens (tertiary/aromatic N) is 3. The molecule has 0 N–H and O–H groups in total. The summed E-state index contributed by atoms with van der Waals surface area (Å²) < 4.78 is 12.6. The lowest BCUT2D eigenvalue weighted by molar-refractivity contribution is 0.668. The van der Waals surface area contributed by atoms with Gasteiger partial charge in [-0.25, -0.2) is 15.0 Å². The van der Waals surface area contributed by atoms with Crippen LogP contribution in [0.15, 0.2) is 173 Å². The maximum atomic E-state index is 6.31. The van der Waals surface area contributed by atoms with Gasteiger partial charge >= 0.3 is 0 Å². The standard InChI is InChI=1S/C47H27N3O2/c1-2-11-28(12-3-1)29-21-23-30(24-22-29)45-48-46(36-17-10-20-40-43(36)34-15-6-8-18-38(34)51-40)50-47(49-45)37-27-31-25-26-41-44(35-16-7-9-19-39(35)52-41)42(31)33-14-5-4-13-32(33)37/h1-27H. The van der Waals surface area contributed by atoms with Gasteiger partial charge in [-0.15, -0.1) is 0 Å². The van der Waals surface area contributed by atoms with E-state index in [2.05, 4.69) is 115 Å². The molecule has 0 radical (unpaired) electrons. The molecule has 0 aliphatic rings. The highest BCUT2D eigenvalue weighted by molar-refractivity contribution is 6.28. The summed E-state index contributed by atoms with van der Waals surface area (Å²) in [5, 5.41) is 8.64. The fourth-order valence-corrected chi connectivity index (χ4v) is 7.75. The molecule has 242 valence electrons. The minimum Gasteiger partial charge on any atom is -0.456 e. The first kappa shape index (κ1) is 28.7. The van der Waals surface area contributed by atoms with E-state index in [9.17, 15) is 0 Å². The molecule has 5 heteroatoms. The summed E-state index contributed by atoms with van der Waals surface area (Å²) in [5.74, 6) is 1.79. The van der Waals surface area contributed by atoms with Crippen molar-refractivity contribution in [1.29, 1.82) is 0 Å². The van der Waals surface area contributed by atoms with Gasteiger partial charge in [0.2, 0.25) is 0 Å². The minimum atomic E-state index is 0.588. The van der Waals surface area contributed by atoms with Crippen molar-refractivity contribution in [2.45, 2.75) is 0 Å². The number of hydrogen-bond acceptors (Lipinski definition) is 5. The van der Waals surface area contributed by atoms with Crippen LogP contribution in [0.5, 0.6) is 0 Å². The Hall–Kier alpha value is -7.11. The summed E-state index contributed by atoms with van der Waals surface area (Å²) in [6.07, 6.45) is 0. The van der Waals surface area contributed by atoms with E-state index in [0.29, 0.717) is 17.5 Å². The third kappa shape index (κ3) is 4.39. The van der Waals surface area contributed by atoms with Crippen LogP contribution in [0.3, 0.4) is 0 Å². The van der Waals surface area contributed by atoms with Crippen LogP contribution in [-0.4, -0.2) is 15.0 Å². The minimum absolute atomic E-state index is 0.588. The summed E-state index contributed by atoms with van der Waals surface area (Å²) in [6.45, 7) is 0. The fourth-order valence-electron chi connectivity index (χ4n) is 7.75. The summed E-state index contributed by atoms with van der Waals surface area (Å²) in [5.41, 5.74) is 8.40. The second kappa shape index (κ2) is 11.2. The molecule has 0 saturated carbocycles. The third-order valence-electron chi connectivity index (χ3n) is 10.1. The highest BCUT2D eigenvalue weighted by Crippen LogP contribution is 2.42. The smallest absolute Gasteiger partial charge is 0.164 e. The Bertz CT molecular complexity index is 3180. The number of fused-ring (bicyclic) bond motifs is 10. The van der Waals surface area contributed by atoms with Crippen molar-refractivity contribution in [2.75, 3.05) is 0 Å². The molecule has 52 heavy (non-hydrogen) atoms. The SMILES string of the molecule is c1ccc(-c2ccc(-c3nc(-c4cc5ccc6oc7ccccc7c6c5c5ccccc45)nc(-c4cccc5oc6ccccc6c45)n3)cc2)cc1. The van der Waals surface area contributed by atoms with E-state index in [4.69, 9.17) is 23.8 Å². The zero-order valence-corrected chi connectivity index (χ0v) is 27.7. The lowest BCUT2D eigenvalue weighted by atomic mass is 9.93. The molecular weight excluding hydrogens is 639 g/mol. The summed E-state index contributed by atoms with van der Waals surface area (Å²) in [4.78, 5) is 15.7. The normalized spacial score (nSPS) is 11.8. The van der Waals surface area contributed by atoms with E-state index < -0.39 is 0 Å². The zero-order valence-electron chi connectivity index (χ0n) is 27.7. The quantitative estimate of drug-likeness (QED) is 0.175. The van der Waals surface area contributed by atoms with Crippen LogP contribution in [0.1, 0.15) is 0 Å². The Morgan fingerprint density at radius 1 is 0.308 bits per heavy atom. The molecule has 0 fully saturated rings. The molecule has 0 spiro atoms. The largest absolute Gasteiger partial charge is 0.456 e. The van der Waals surface area contributed by atoms with Crippen LogP contribution in [0.25, 0.3) is 111 Å². The molecule has 0 saturated heterocycles. The monoisotopic (exact) mass is 665 g/mol. The van der Waals surface area contributed by atoms with Crippen molar-refractivity contribution >= 4 is 65.4 Å². The maximum absolute atomic E-state index is 6.31. The molecule has 11 aromatic rings. The fraction of sp³-hybridized carbons (Fsp3) is 0. The molecule has 0 aliphatic carbocycles. The molecule has 8 aromatic carbocycles. The molecule has 0 bridgehead atoms. The van der Waals surface area contributed by atoms with E-state index in [0.717, 1.165) is 93.2 Å². The van der Waals surface area contributed by atoms with Crippen molar-refractivity contribution in [1.82, 2.24) is 15.0 Å².